The van der Waals surface area contributed by atoms with E-state index in [1.807, 2.05) is 0 Å². The largest absolute Gasteiger partial charge is 0.265 e. The van der Waals surface area contributed by atoms with Crippen LogP contribution in [0.1, 0.15) is 5.56 Å². The van der Waals surface area contributed by atoms with Crippen molar-refractivity contribution < 1.29 is 4.39 Å². The van der Waals surface area contributed by atoms with Crippen molar-refractivity contribution in [1.29, 1.82) is 0 Å². The normalized spacial score (nSPS) is 11.2. The Kier molecular flexibility index (Phi) is 4.21. The third-order valence-corrected chi connectivity index (χ3v) is 3.62. The van der Waals surface area contributed by atoms with E-state index in [1.165, 1.54) is 17.0 Å². The summed E-state index contributed by atoms with van der Waals surface area (Å²) >= 11 is 8.46. The molecule has 0 radical (unpaired) electrons. The van der Waals surface area contributed by atoms with Gasteiger partial charge < -0.3 is 0 Å². The second-order valence-corrected chi connectivity index (χ2v) is 5.61. The van der Waals surface area contributed by atoms with Crippen molar-refractivity contribution in [2.24, 2.45) is 5.10 Å². The Labute approximate surface area is 138 Å². The number of aromatic amines is 1. The third-order valence-electron chi connectivity index (χ3n) is 2.86. The van der Waals surface area contributed by atoms with Crippen molar-refractivity contribution in [3.63, 3.8) is 0 Å². The van der Waals surface area contributed by atoms with Gasteiger partial charge in [0.1, 0.15) is 5.82 Å². The van der Waals surface area contributed by atoms with E-state index in [-0.39, 0.29) is 5.82 Å². The standard InChI is InChI=1S/C14H9BrFN5S/c15-11-1-2-12(16)10(7-11)8-18-21-13(19-20-14(21)22)9-3-5-17-6-4-9/h1-8H,(H,20,22). The highest BCUT2D eigenvalue weighted by molar-refractivity contribution is 9.10. The van der Waals surface area contributed by atoms with Gasteiger partial charge in [-0.3, -0.25) is 4.98 Å². The first-order valence-electron chi connectivity index (χ1n) is 6.22. The summed E-state index contributed by atoms with van der Waals surface area (Å²) in [5.41, 5.74) is 1.15. The monoisotopic (exact) mass is 377 g/mol. The zero-order valence-corrected chi connectivity index (χ0v) is 13.5. The van der Waals surface area contributed by atoms with Gasteiger partial charge >= 0.3 is 0 Å². The molecule has 8 heteroatoms. The van der Waals surface area contributed by atoms with Crippen LogP contribution in [-0.4, -0.2) is 26.1 Å². The highest BCUT2D eigenvalue weighted by Gasteiger charge is 2.08. The van der Waals surface area contributed by atoms with Crippen LogP contribution in [-0.2, 0) is 0 Å². The van der Waals surface area contributed by atoms with Crippen molar-refractivity contribution in [1.82, 2.24) is 19.9 Å². The zero-order chi connectivity index (χ0) is 15.5. The third kappa shape index (κ3) is 3.02. The van der Waals surface area contributed by atoms with E-state index in [4.69, 9.17) is 12.2 Å². The molecule has 0 unspecified atom stereocenters. The molecule has 1 aromatic carbocycles. The topological polar surface area (TPSA) is 58.9 Å². The summed E-state index contributed by atoms with van der Waals surface area (Å²) in [5, 5.41) is 11.0. The molecule has 22 heavy (non-hydrogen) atoms. The molecule has 5 nitrogen and oxygen atoms in total. The second kappa shape index (κ2) is 6.29. The quantitative estimate of drug-likeness (QED) is 0.557. The van der Waals surface area contributed by atoms with E-state index in [0.717, 1.165) is 10.0 Å². The summed E-state index contributed by atoms with van der Waals surface area (Å²) in [7, 11) is 0. The number of H-pyrrole nitrogens is 1. The van der Waals surface area contributed by atoms with Gasteiger partial charge in [0.15, 0.2) is 5.82 Å². The van der Waals surface area contributed by atoms with E-state index in [2.05, 4.69) is 36.2 Å². The van der Waals surface area contributed by atoms with Gasteiger partial charge in [-0.15, -0.1) is 0 Å². The molecule has 110 valence electrons. The summed E-state index contributed by atoms with van der Waals surface area (Å²) < 4.78 is 16.3. The Hall–Kier alpha value is -2.19. The molecule has 0 atom stereocenters. The molecule has 0 aliphatic carbocycles. The van der Waals surface area contributed by atoms with E-state index in [0.29, 0.717) is 16.2 Å². The number of nitrogens with zero attached hydrogens (tertiary/aromatic N) is 4. The van der Waals surface area contributed by atoms with E-state index < -0.39 is 0 Å². The van der Waals surface area contributed by atoms with Crippen molar-refractivity contribution >= 4 is 34.4 Å². The summed E-state index contributed by atoms with van der Waals surface area (Å²) in [4.78, 5) is 3.96. The molecule has 2 aromatic heterocycles. The molecular weight excluding hydrogens is 369 g/mol. The fourth-order valence-corrected chi connectivity index (χ4v) is 2.38. The van der Waals surface area contributed by atoms with Crippen molar-refractivity contribution in [3.05, 3.63) is 63.3 Å². The van der Waals surface area contributed by atoms with Crippen LogP contribution in [0.3, 0.4) is 0 Å². The van der Waals surface area contributed by atoms with Crippen LogP contribution in [0.2, 0.25) is 0 Å². The van der Waals surface area contributed by atoms with Crippen LogP contribution in [0, 0.1) is 10.6 Å². The maximum absolute atomic E-state index is 13.7. The van der Waals surface area contributed by atoms with Gasteiger partial charge in [-0.1, -0.05) is 15.9 Å². The highest BCUT2D eigenvalue weighted by atomic mass is 79.9. The first kappa shape index (κ1) is 14.7. The zero-order valence-electron chi connectivity index (χ0n) is 11.1. The lowest BCUT2D eigenvalue weighted by Gasteiger charge is -2.01. The number of pyridine rings is 1. The van der Waals surface area contributed by atoms with Gasteiger partial charge in [-0.05, 0) is 42.5 Å². The molecule has 0 aliphatic heterocycles. The lowest BCUT2D eigenvalue weighted by atomic mass is 10.2. The van der Waals surface area contributed by atoms with Gasteiger partial charge in [0.05, 0.1) is 6.21 Å². The smallest absolute Gasteiger partial charge is 0.216 e. The Balaban J connectivity index is 2.03. The van der Waals surface area contributed by atoms with Crippen LogP contribution in [0.4, 0.5) is 4.39 Å². The van der Waals surface area contributed by atoms with Crippen LogP contribution in [0.5, 0.6) is 0 Å². The molecule has 0 spiro atoms. The van der Waals surface area contributed by atoms with Gasteiger partial charge in [0, 0.05) is 28.0 Å². The van der Waals surface area contributed by atoms with Crippen molar-refractivity contribution in [2.45, 2.75) is 0 Å². The predicted molar refractivity (Wildman–Crippen MR) is 87.7 cm³/mol. The van der Waals surface area contributed by atoms with Gasteiger partial charge in [0.25, 0.3) is 0 Å². The number of aromatic nitrogens is 4. The molecule has 3 rings (SSSR count). The van der Waals surface area contributed by atoms with E-state index in [1.54, 1.807) is 36.7 Å². The fourth-order valence-electron chi connectivity index (χ4n) is 1.82. The minimum Gasteiger partial charge on any atom is -0.265 e. The van der Waals surface area contributed by atoms with Gasteiger partial charge in [-0.2, -0.15) is 14.9 Å². The Bertz CT molecular complexity index is 888. The molecule has 0 amide bonds. The molecular formula is C14H9BrFN5S. The summed E-state index contributed by atoms with van der Waals surface area (Å²) in [6.07, 6.45) is 4.69. The van der Waals surface area contributed by atoms with Crippen LogP contribution in [0.25, 0.3) is 11.4 Å². The summed E-state index contributed by atoms with van der Waals surface area (Å²) in [6.45, 7) is 0. The minimum absolute atomic E-state index is 0.318. The Morgan fingerprint density at radius 2 is 2.05 bits per heavy atom. The van der Waals surface area contributed by atoms with Gasteiger partial charge in [-0.25, -0.2) is 9.49 Å². The maximum atomic E-state index is 13.7. The minimum atomic E-state index is -0.368. The number of rotatable bonds is 3. The second-order valence-electron chi connectivity index (χ2n) is 4.31. The Morgan fingerprint density at radius 3 is 2.82 bits per heavy atom. The Morgan fingerprint density at radius 1 is 1.27 bits per heavy atom. The number of hydrogen-bond donors (Lipinski definition) is 1. The molecule has 3 aromatic rings. The number of hydrogen-bond acceptors (Lipinski definition) is 4. The SMILES string of the molecule is Fc1ccc(Br)cc1C=Nn1c(-c2ccncc2)n[nH]c1=S. The first-order valence-corrected chi connectivity index (χ1v) is 7.42. The highest BCUT2D eigenvalue weighted by Crippen LogP contribution is 2.17. The maximum Gasteiger partial charge on any atom is 0.216 e. The van der Waals surface area contributed by atoms with Gasteiger partial charge in [0.2, 0.25) is 4.77 Å². The van der Waals surface area contributed by atoms with E-state index in [9.17, 15) is 4.39 Å². The molecule has 0 aliphatic rings. The average Bonchev–Trinajstić information content (AvgIpc) is 2.90. The lowest BCUT2D eigenvalue weighted by molar-refractivity contribution is 0.625. The van der Waals surface area contributed by atoms with Crippen molar-refractivity contribution in [3.8, 4) is 11.4 Å². The van der Waals surface area contributed by atoms with Crippen LogP contribution in [0.15, 0.2) is 52.3 Å². The molecule has 2 heterocycles. The number of halogens is 2. The predicted octanol–water partition coefficient (Wildman–Crippen LogP) is 3.79. The number of nitrogens with one attached hydrogen (secondary N) is 1. The molecule has 0 saturated carbocycles. The first-order chi connectivity index (χ1) is 10.6. The van der Waals surface area contributed by atoms with Crippen LogP contribution < -0.4 is 0 Å². The molecule has 0 saturated heterocycles. The fraction of sp³-hybridized carbons (Fsp3) is 0. The molecule has 0 fully saturated rings. The number of benzene rings is 1. The summed E-state index contributed by atoms with van der Waals surface area (Å²) in [6, 6.07) is 8.20. The lowest BCUT2D eigenvalue weighted by Crippen LogP contribution is -1.96. The van der Waals surface area contributed by atoms with Crippen LogP contribution >= 0.6 is 28.1 Å². The molecule has 0 bridgehead atoms. The average molecular weight is 378 g/mol. The molecule has 1 N–H and O–H groups in total. The summed E-state index contributed by atoms with van der Waals surface area (Å²) in [5.74, 6) is 0.159. The van der Waals surface area contributed by atoms with E-state index >= 15 is 0 Å². The van der Waals surface area contributed by atoms with Crippen molar-refractivity contribution in [2.75, 3.05) is 0 Å².